The van der Waals surface area contributed by atoms with Gasteiger partial charge in [0.2, 0.25) is 0 Å². The van der Waals surface area contributed by atoms with Crippen LogP contribution in [0, 0.1) is 0 Å². The van der Waals surface area contributed by atoms with Crippen LogP contribution in [0.3, 0.4) is 0 Å². The van der Waals surface area contributed by atoms with Gasteiger partial charge in [0, 0.05) is 69.6 Å². The zero-order valence-electron chi connectivity index (χ0n) is 17.6. The molecular weight excluding hydrogens is 398 g/mol. The van der Waals surface area contributed by atoms with Crippen molar-refractivity contribution in [1.29, 1.82) is 0 Å². The van der Waals surface area contributed by atoms with Crippen LogP contribution in [0.4, 0.5) is 5.82 Å². The summed E-state index contributed by atoms with van der Waals surface area (Å²) >= 11 is 6.31. The van der Waals surface area contributed by atoms with E-state index in [2.05, 4.69) is 43.3 Å². The van der Waals surface area contributed by atoms with E-state index in [0.717, 1.165) is 75.6 Å². The van der Waals surface area contributed by atoms with Crippen LogP contribution in [0.25, 0.3) is 0 Å². The van der Waals surface area contributed by atoms with Crippen molar-refractivity contribution in [3.05, 3.63) is 59.2 Å². The van der Waals surface area contributed by atoms with Crippen molar-refractivity contribution in [2.24, 2.45) is 4.99 Å². The number of guanidine groups is 1. The van der Waals surface area contributed by atoms with Gasteiger partial charge >= 0.3 is 0 Å². The molecule has 6 nitrogen and oxygen atoms in total. The van der Waals surface area contributed by atoms with Gasteiger partial charge in [-0.15, -0.1) is 0 Å². The summed E-state index contributed by atoms with van der Waals surface area (Å²) in [5.74, 6) is 2.01. The van der Waals surface area contributed by atoms with Gasteiger partial charge in [-0.2, -0.15) is 0 Å². The highest BCUT2D eigenvalue weighted by Gasteiger charge is 2.35. The third kappa shape index (κ3) is 4.71. The number of ether oxygens (including phenoxy) is 1. The number of anilines is 1. The zero-order chi connectivity index (χ0) is 20.8. The summed E-state index contributed by atoms with van der Waals surface area (Å²) in [7, 11) is 1.86. The van der Waals surface area contributed by atoms with Crippen LogP contribution in [-0.4, -0.2) is 68.8 Å². The topological polar surface area (TPSA) is 53.0 Å². The molecule has 0 unspecified atom stereocenters. The van der Waals surface area contributed by atoms with E-state index in [4.69, 9.17) is 16.3 Å². The fraction of sp³-hybridized carbons (Fsp3) is 0.478. The Labute approximate surface area is 183 Å². The van der Waals surface area contributed by atoms with Crippen LogP contribution in [0.1, 0.15) is 18.4 Å². The van der Waals surface area contributed by atoms with Crippen molar-refractivity contribution in [1.82, 2.24) is 15.2 Å². The maximum absolute atomic E-state index is 6.31. The molecule has 0 radical (unpaired) electrons. The van der Waals surface area contributed by atoms with Crippen LogP contribution >= 0.6 is 11.6 Å². The van der Waals surface area contributed by atoms with Crippen molar-refractivity contribution in [3.63, 3.8) is 0 Å². The Morgan fingerprint density at radius 3 is 2.60 bits per heavy atom. The molecule has 0 atom stereocenters. The van der Waals surface area contributed by atoms with Gasteiger partial charge in [0.05, 0.1) is 0 Å². The highest BCUT2D eigenvalue weighted by atomic mass is 35.5. The van der Waals surface area contributed by atoms with Crippen molar-refractivity contribution >= 4 is 23.4 Å². The molecule has 0 aliphatic carbocycles. The van der Waals surface area contributed by atoms with Gasteiger partial charge in [-0.3, -0.25) is 4.99 Å². The number of rotatable bonds is 4. The van der Waals surface area contributed by atoms with E-state index in [1.807, 2.05) is 37.5 Å². The van der Waals surface area contributed by atoms with Gasteiger partial charge in [0.15, 0.2) is 5.96 Å². The minimum Gasteiger partial charge on any atom is -0.381 e. The molecule has 2 aromatic rings. The minimum absolute atomic E-state index is 0.00880. The summed E-state index contributed by atoms with van der Waals surface area (Å²) in [4.78, 5) is 13.7. The summed E-state index contributed by atoms with van der Waals surface area (Å²) in [5.41, 5.74) is 1.29. The Kier molecular flexibility index (Phi) is 6.75. The number of aromatic nitrogens is 1. The van der Waals surface area contributed by atoms with Gasteiger partial charge in [-0.25, -0.2) is 4.98 Å². The molecule has 0 spiro atoms. The molecule has 0 bridgehead atoms. The predicted molar refractivity (Wildman–Crippen MR) is 123 cm³/mol. The molecule has 1 N–H and O–H groups in total. The lowest BCUT2D eigenvalue weighted by Gasteiger charge is -2.41. The molecule has 7 heteroatoms. The molecule has 1 aromatic carbocycles. The Morgan fingerprint density at radius 2 is 1.93 bits per heavy atom. The quantitative estimate of drug-likeness (QED) is 0.600. The summed E-state index contributed by atoms with van der Waals surface area (Å²) < 4.78 is 5.67. The Hall–Kier alpha value is -2.31. The SMILES string of the molecule is CN=C(NCC1(c2cccc(Cl)c2)CCOCC1)N1CCN(c2ccccn2)CC1. The molecule has 2 saturated heterocycles. The lowest BCUT2D eigenvalue weighted by Crippen LogP contribution is -2.55. The molecule has 2 fully saturated rings. The maximum atomic E-state index is 6.31. The fourth-order valence-electron chi connectivity index (χ4n) is 4.42. The number of nitrogens with one attached hydrogen (secondary N) is 1. The first kappa shape index (κ1) is 20.9. The monoisotopic (exact) mass is 427 g/mol. The van der Waals surface area contributed by atoms with Gasteiger partial charge < -0.3 is 19.9 Å². The van der Waals surface area contributed by atoms with Crippen molar-refractivity contribution < 1.29 is 4.74 Å². The van der Waals surface area contributed by atoms with Crippen molar-refractivity contribution in [3.8, 4) is 0 Å². The zero-order valence-corrected chi connectivity index (χ0v) is 18.3. The van der Waals surface area contributed by atoms with Crippen LogP contribution in [0.5, 0.6) is 0 Å². The number of hydrogen-bond donors (Lipinski definition) is 1. The van der Waals surface area contributed by atoms with E-state index in [0.29, 0.717) is 0 Å². The molecule has 2 aliphatic rings. The van der Waals surface area contributed by atoms with Crippen LogP contribution < -0.4 is 10.2 Å². The predicted octanol–water partition coefficient (Wildman–Crippen LogP) is 3.18. The number of nitrogens with zero attached hydrogens (tertiary/aromatic N) is 4. The molecule has 3 heterocycles. The molecule has 30 heavy (non-hydrogen) atoms. The third-order valence-electron chi connectivity index (χ3n) is 6.24. The first-order valence-corrected chi connectivity index (χ1v) is 11.0. The molecule has 1 aromatic heterocycles. The van der Waals surface area contributed by atoms with E-state index in [-0.39, 0.29) is 5.41 Å². The number of pyridine rings is 1. The maximum Gasteiger partial charge on any atom is 0.193 e. The first-order chi connectivity index (χ1) is 14.7. The van der Waals surface area contributed by atoms with Crippen molar-refractivity contribution in [2.45, 2.75) is 18.3 Å². The summed E-state index contributed by atoms with van der Waals surface area (Å²) in [6.45, 7) is 6.08. The Morgan fingerprint density at radius 1 is 1.13 bits per heavy atom. The first-order valence-electron chi connectivity index (χ1n) is 10.7. The fourth-order valence-corrected chi connectivity index (χ4v) is 4.61. The average molecular weight is 428 g/mol. The highest BCUT2D eigenvalue weighted by molar-refractivity contribution is 6.30. The molecular formula is C23H30ClN5O. The van der Waals surface area contributed by atoms with Crippen LogP contribution in [0.2, 0.25) is 5.02 Å². The molecule has 160 valence electrons. The van der Waals surface area contributed by atoms with E-state index in [1.165, 1.54) is 5.56 Å². The number of benzene rings is 1. The third-order valence-corrected chi connectivity index (χ3v) is 6.47. The smallest absolute Gasteiger partial charge is 0.193 e. The molecule has 2 aliphatic heterocycles. The van der Waals surface area contributed by atoms with Gasteiger partial charge in [0.25, 0.3) is 0 Å². The van der Waals surface area contributed by atoms with E-state index < -0.39 is 0 Å². The average Bonchev–Trinajstić information content (AvgIpc) is 2.81. The van der Waals surface area contributed by atoms with Crippen LogP contribution in [0.15, 0.2) is 53.7 Å². The second-order valence-electron chi connectivity index (χ2n) is 7.97. The van der Waals surface area contributed by atoms with Gasteiger partial charge in [0.1, 0.15) is 5.82 Å². The van der Waals surface area contributed by atoms with Gasteiger partial charge in [-0.1, -0.05) is 29.8 Å². The Bertz CT molecular complexity index is 846. The number of hydrogen-bond acceptors (Lipinski definition) is 4. The summed E-state index contributed by atoms with van der Waals surface area (Å²) in [6, 6.07) is 14.3. The van der Waals surface area contributed by atoms with E-state index in [1.54, 1.807) is 0 Å². The lowest BCUT2D eigenvalue weighted by atomic mass is 9.74. The largest absolute Gasteiger partial charge is 0.381 e. The van der Waals surface area contributed by atoms with Gasteiger partial charge in [-0.05, 0) is 42.7 Å². The summed E-state index contributed by atoms with van der Waals surface area (Å²) in [5, 5.41) is 4.45. The minimum atomic E-state index is 0.00880. The molecule has 4 rings (SSSR count). The van der Waals surface area contributed by atoms with E-state index >= 15 is 0 Å². The Balaban J connectivity index is 1.41. The van der Waals surface area contributed by atoms with Crippen LogP contribution in [-0.2, 0) is 10.2 Å². The summed E-state index contributed by atoms with van der Waals surface area (Å²) in [6.07, 6.45) is 3.81. The number of piperazine rings is 1. The number of aliphatic imine (C=N–C) groups is 1. The van der Waals surface area contributed by atoms with Crippen molar-refractivity contribution in [2.75, 3.05) is 57.9 Å². The molecule has 0 saturated carbocycles. The second kappa shape index (κ2) is 9.67. The second-order valence-corrected chi connectivity index (χ2v) is 8.40. The normalized spacial score (nSPS) is 19.6. The lowest BCUT2D eigenvalue weighted by molar-refractivity contribution is 0.0511. The molecule has 0 amide bonds. The van der Waals surface area contributed by atoms with E-state index in [9.17, 15) is 0 Å². The standard InChI is InChI=1S/C23H30ClN5O/c1-25-22(29-13-11-28(12-14-29)21-7-2-3-10-26-21)27-18-23(8-15-30-16-9-23)19-5-4-6-20(24)17-19/h2-7,10,17H,8-9,11-16,18H2,1H3,(H,25,27). The number of halogens is 1. The highest BCUT2D eigenvalue weighted by Crippen LogP contribution is 2.35.